The van der Waals surface area contributed by atoms with E-state index < -0.39 is 0 Å². The van der Waals surface area contributed by atoms with Gasteiger partial charge in [0, 0.05) is 12.5 Å². The van der Waals surface area contributed by atoms with Crippen LogP contribution in [0.4, 0.5) is 0 Å². The predicted molar refractivity (Wildman–Crippen MR) is 74.0 cm³/mol. The van der Waals surface area contributed by atoms with Crippen molar-refractivity contribution in [3.8, 4) is 0 Å². The highest BCUT2D eigenvalue weighted by Gasteiger charge is 2.30. The molecule has 18 heavy (non-hydrogen) atoms. The van der Waals surface area contributed by atoms with E-state index in [0.29, 0.717) is 17.9 Å². The maximum absolute atomic E-state index is 5.54. The predicted octanol–water partition coefficient (Wildman–Crippen LogP) is 2.74. The van der Waals surface area contributed by atoms with E-state index in [4.69, 9.17) is 4.74 Å². The maximum atomic E-state index is 5.54. The number of hydrogen-bond donors (Lipinski definition) is 1. The zero-order valence-corrected chi connectivity index (χ0v) is 12.3. The van der Waals surface area contributed by atoms with Crippen LogP contribution < -0.4 is 5.32 Å². The monoisotopic (exact) mass is 269 g/mol. The second kappa shape index (κ2) is 6.59. The van der Waals surface area contributed by atoms with Gasteiger partial charge in [0.1, 0.15) is 0 Å². The topological polar surface area (TPSA) is 47.0 Å². The minimum atomic E-state index is 0.366. The quantitative estimate of drug-likeness (QED) is 0.862. The Kier molecular flexibility index (Phi) is 5.09. The molecule has 0 aliphatic carbocycles. The molecule has 2 unspecified atom stereocenters. The molecule has 1 aliphatic heterocycles. The molecule has 1 aliphatic rings. The van der Waals surface area contributed by atoms with E-state index in [1.165, 1.54) is 4.88 Å². The first-order chi connectivity index (χ1) is 8.74. The van der Waals surface area contributed by atoms with Crippen LogP contribution >= 0.6 is 11.5 Å². The van der Waals surface area contributed by atoms with Gasteiger partial charge in [-0.1, -0.05) is 25.3 Å². The Morgan fingerprint density at radius 1 is 1.50 bits per heavy atom. The zero-order chi connectivity index (χ0) is 13.0. The molecule has 1 aromatic rings. The molecule has 1 fully saturated rings. The molecular formula is C13H23N3OS. The molecule has 2 rings (SSSR count). The molecule has 1 saturated heterocycles. The Morgan fingerprint density at radius 2 is 2.33 bits per heavy atom. The molecule has 102 valence electrons. The lowest BCUT2D eigenvalue weighted by Gasteiger charge is -2.23. The average Bonchev–Trinajstić information content (AvgIpc) is 3.00. The van der Waals surface area contributed by atoms with Gasteiger partial charge in [-0.3, -0.25) is 0 Å². The largest absolute Gasteiger partial charge is 0.381 e. The lowest BCUT2D eigenvalue weighted by molar-refractivity contribution is 0.177. The standard InChI is InChI=1S/C13H23N3OS/c1-4-6-14-12(10-5-7-17-8-10)13-11(9(2)3)15-16-18-13/h9-10,12,14H,4-8H2,1-3H3. The summed E-state index contributed by atoms with van der Waals surface area (Å²) in [5.74, 6) is 1.00. The lowest BCUT2D eigenvalue weighted by atomic mass is 9.94. The van der Waals surface area contributed by atoms with Gasteiger partial charge >= 0.3 is 0 Å². The number of aromatic nitrogens is 2. The van der Waals surface area contributed by atoms with Crippen LogP contribution in [0.1, 0.15) is 56.1 Å². The molecule has 0 spiro atoms. The fourth-order valence-corrected chi connectivity index (χ4v) is 3.39. The van der Waals surface area contributed by atoms with Crippen molar-refractivity contribution in [3.05, 3.63) is 10.6 Å². The number of hydrogen-bond acceptors (Lipinski definition) is 5. The minimum Gasteiger partial charge on any atom is -0.381 e. The summed E-state index contributed by atoms with van der Waals surface area (Å²) in [4.78, 5) is 1.31. The van der Waals surface area contributed by atoms with Crippen molar-refractivity contribution in [1.82, 2.24) is 14.9 Å². The van der Waals surface area contributed by atoms with Crippen LogP contribution in [0.3, 0.4) is 0 Å². The summed E-state index contributed by atoms with van der Waals surface area (Å²) in [7, 11) is 0. The second-order valence-electron chi connectivity index (χ2n) is 5.23. The van der Waals surface area contributed by atoms with E-state index >= 15 is 0 Å². The summed E-state index contributed by atoms with van der Waals surface area (Å²) in [6.07, 6.45) is 2.28. The van der Waals surface area contributed by atoms with Gasteiger partial charge in [-0.2, -0.15) is 0 Å². The highest BCUT2D eigenvalue weighted by molar-refractivity contribution is 7.05. The van der Waals surface area contributed by atoms with Gasteiger partial charge in [0.05, 0.1) is 23.2 Å². The zero-order valence-electron chi connectivity index (χ0n) is 11.5. The third-order valence-corrected chi connectivity index (χ3v) is 4.24. The fourth-order valence-electron chi connectivity index (χ4n) is 2.41. The average molecular weight is 269 g/mol. The van der Waals surface area contributed by atoms with Crippen molar-refractivity contribution in [3.63, 3.8) is 0 Å². The van der Waals surface area contributed by atoms with Crippen molar-refractivity contribution < 1.29 is 4.74 Å². The summed E-state index contributed by atoms with van der Waals surface area (Å²) >= 11 is 1.54. The SMILES string of the molecule is CCCNC(c1snnc1C(C)C)C1CCOC1. The molecule has 4 nitrogen and oxygen atoms in total. The van der Waals surface area contributed by atoms with E-state index in [2.05, 4.69) is 35.7 Å². The number of rotatable bonds is 6. The van der Waals surface area contributed by atoms with E-state index in [-0.39, 0.29) is 0 Å². The van der Waals surface area contributed by atoms with Gasteiger partial charge in [0.25, 0.3) is 0 Å². The fraction of sp³-hybridized carbons (Fsp3) is 0.846. The molecule has 0 amide bonds. The van der Waals surface area contributed by atoms with Gasteiger partial charge in [-0.15, -0.1) is 5.10 Å². The summed E-state index contributed by atoms with van der Waals surface area (Å²) in [6, 6.07) is 0.366. The normalized spacial score (nSPS) is 21.7. The molecule has 2 atom stereocenters. The van der Waals surface area contributed by atoms with Crippen LogP contribution in [0, 0.1) is 5.92 Å². The summed E-state index contributed by atoms with van der Waals surface area (Å²) in [5.41, 5.74) is 1.15. The van der Waals surface area contributed by atoms with Gasteiger partial charge in [-0.25, -0.2) is 0 Å². The van der Waals surface area contributed by atoms with Crippen LogP contribution in [0.15, 0.2) is 0 Å². The highest BCUT2D eigenvalue weighted by Crippen LogP contribution is 2.34. The molecule has 0 bridgehead atoms. The summed E-state index contributed by atoms with van der Waals surface area (Å²) in [5, 5.41) is 7.96. The molecular weight excluding hydrogens is 246 g/mol. The number of ether oxygens (including phenoxy) is 1. The summed E-state index contributed by atoms with van der Waals surface area (Å²) < 4.78 is 9.69. The molecule has 1 N–H and O–H groups in total. The summed E-state index contributed by atoms with van der Waals surface area (Å²) in [6.45, 7) is 9.35. The Morgan fingerprint density at radius 3 is 2.94 bits per heavy atom. The first-order valence-electron chi connectivity index (χ1n) is 6.87. The first kappa shape index (κ1) is 13.9. The van der Waals surface area contributed by atoms with Crippen molar-refractivity contribution in [2.75, 3.05) is 19.8 Å². The van der Waals surface area contributed by atoms with E-state index in [9.17, 15) is 0 Å². The Hall–Kier alpha value is -0.520. The van der Waals surface area contributed by atoms with E-state index in [0.717, 1.165) is 38.3 Å². The Labute approximate surface area is 113 Å². The third kappa shape index (κ3) is 3.08. The number of nitrogens with one attached hydrogen (secondary N) is 1. The van der Waals surface area contributed by atoms with Crippen molar-refractivity contribution in [1.29, 1.82) is 0 Å². The van der Waals surface area contributed by atoms with E-state index in [1.807, 2.05) is 0 Å². The molecule has 5 heteroatoms. The van der Waals surface area contributed by atoms with Gasteiger partial charge in [0.15, 0.2) is 0 Å². The van der Waals surface area contributed by atoms with Crippen LogP contribution in [0.2, 0.25) is 0 Å². The third-order valence-electron chi connectivity index (χ3n) is 3.42. The van der Waals surface area contributed by atoms with Crippen molar-refractivity contribution in [2.45, 2.75) is 45.6 Å². The van der Waals surface area contributed by atoms with Gasteiger partial charge < -0.3 is 10.1 Å². The van der Waals surface area contributed by atoms with Crippen molar-refractivity contribution in [2.24, 2.45) is 5.92 Å². The first-order valence-corrected chi connectivity index (χ1v) is 7.64. The van der Waals surface area contributed by atoms with Gasteiger partial charge in [-0.05, 0) is 36.8 Å². The van der Waals surface area contributed by atoms with Gasteiger partial charge in [0.2, 0.25) is 0 Å². The van der Waals surface area contributed by atoms with Crippen LogP contribution in [0.5, 0.6) is 0 Å². The molecule has 0 aromatic carbocycles. The van der Waals surface area contributed by atoms with Crippen molar-refractivity contribution >= 4 is 11.5 Å². The smallest absolute Gasteiger partial charge is 0.0829 e. The van der Waals surface area contributed by atoms with Crippen LogP contribution in [-0.2, 0) is 4.74 Å². The van der Waals surface area contributed by atoms with E-state index in [1.54, 1.807) is 11.5 Å². The van der Waals surface area contributed by atoms with Crippen LogP contribution in [-0.4, -0.2) is 29.3 Å². The Balaban J connectivity index is 2.18. The lowest BCUT2D eigenvalue weighted by Crippen LogP contribution is -2.29. The molecule has 0 saturated carbocycles. The van der Waals surface area contributed by atoms with Crippen LogP contribution in [0.25, 0.3) is 0 Å². The Bertz CT molecular complexity index is 361. The number of nitrogens with zero attached hydrogens (tertiary/aromatic N) is 2. The highest BCUT2D eigenvalue weighted by atomic mass is 32.1. The molecule has 0 radical (unpaired) electrons. The minimum absolute atomic E-state index is 0.366. The second-order valence-corrected chi connectivity index (χ2v) is 6.02. The molecule has 2 heterocycles. The maximum Gasteiger partial charge on any atom is 0.0829 e. The molecule has 1 aromatic heterocycles.